The molecule has 0 saturated heterocycles. The summed E-state index contributed by atoms with van der Waals surface area (Å²) in [6, 6.07) is 10.8. The molecule has 6 nitrogen and oxygen atoms in total. The molecule has 0 saturated carbocycles. The number of carbonyl (C=O) groups excluding carboxylic acids is 1. The van der Waals surface area contributed by atoms with E-state index in [0.717, 1.165) is 10.0 Å². The van der Waals surface area contributed by atoms with E-state index in [2.05, 4.69) is 20.9 Å². The molecule has 0 aromatic heterocycles. The molecule has 0 spiro atoms. The number of benzene rings is 2. The highest BCUT2D eigenvalue weighted by atomic mass is 79.9. The third kappa shape index (κ3) is 3.57. The number of ether oxygens (including phenoxy) is 4. The second-order valence-electron chi connectivity index (χ2n) is 5.30. The number of nitrogens with zero attached hydrogens (tertiary/aromatic N) is 1. The Labute approximate surface area is 159 Å². The largest absolute Gasteiger partial charge is 0.493 e. The summed E-state index contributed by atoms with van der Waals surface area (Å²) in [5.74, 6) is 1.20. The number of hydrogen-bond donors (Lipinski definition) is 0. The van der Waals surface area contributed by atoms with Gasteiger partial charge in [-0.3, -0.25) is 0 Å². The zero-order valence-electron chi connectivity index (χ0n) is 14.4. The molecule has 2 aromatic carbocycles. The average molecular weight is 418 g/mol. The number of hydrogen-bond acceptors (Lipinski definition) is 6. The van der Waals surface area contributed by atoms with E-state index in [4.69, 9.17) is 18.9 Å². The number of rotatable bonds is 5. The Hall–Kier alpha value is -2.80. The molecule has 0 aliphatic carbocycles. The second kappa shape index (κ2) is 7.61. The van der Waals surface area contributed by atoms with Crippen LogP contribution in [-0.2, 0) is 9.53 Å². The highest BCUT2D eigenvalue weighted by molar-refractivity contribution is 9.10. The topological polar surface area (TPSA) is 66.4 Å². The minimum atomic E-state index is -0.517. The van der Waals surface area contributed by atoms with E-state index in [1.807, 2.05) is 24.3 Å². The molecule has 134 valence electrons. The van der Waals surface area contributed by atoms with Crippen molar-refractivity contribution in [2.75, 3.05) is 21.3 Å². The quantitative estimate of drug-likeness (QED) is 0.546. The van der Waals surface area contributed by atoms with Gasteiger partial charge in [-0.25, -0.2) is 9.79 Å². The first-order valence-corrected chi connectivity index (χ1v) is 8.43. The normalized spacial score (nSPS) is 14.8. The Morgan fingerprint density at radius 1 is 1.00 bits per heavy atom. The van der Waals surface area contributed by atoms with Crippen molar-refractivity contribution in [2.24, 2.45) is 4.99 Å². The minimum absolute atomic E-state index is 0.192. The summed E-state index contributed by atoms with van der Waals surface area (Å²) in [6.45, 7) is 0. The Morgan fingerprint density at radius 3 is 2.15 bits per heavy atom. The van der Waals surface area contributed by atoms with Gasteiger partial charge < -0.3 is 18.9 Å². The van der Waals surface area contributed by atoms with Crippen molar-refractivity contribution in [2.45, 2.75) is 0 Å². The molecule has 0 atom stereocenters. The van der Waals surface area contributed by atoms with Crippen LogP contribution >= 0.6 is 15.9 Å². The van der Waals surface area contributed by atoms with Crippen LogP contribution in [0.4, 0.5) is 0 Å². The maximum absolute atomic E-state index is 12.2. The van der Waals surface area contributed by atoms with Gasteiger partial charge in [0.25, 0.3) is 0 Å². The van der Waals surface area contributed by atoms with Crippen LogP contribution < -0.4 is 14.2 Å². The molecule has 7 heteroatoms. The summed E-state index contributed by atoms with van der Waals surface area (Å²) in [4.78, 5) is 16.5. The summed E-state index contributed by atoms with van der Waals surface area (Å²) in [5, 5.41) is 0. The molecule has 0 bridgehead atoms. The standard InChI is InChI=1S/C19H16BrNO5/c1-23-15-9-11(10-16(24-2)17(15)25-3)8-14-19(22)26-18(21-14)12-4-6-13(20)7-5-12/h4-10H,1-3H3/b14-8-. The summed E-state index contributed by atoms with van der Waals surface area (Å²) in [7, 11) is 4.59. The highest BCUT2D eigenvalue weighted by Crippen LogP contribution is 2.39. The molecule has 0 radical (unpaired) electrons. The van der Waals surface area contributed by atoms with Crippen molar-refractivity contribution in [1.82, 2.24) is 0 Å². The molecule has 26 heavy (non-hydrogen) atoms. The number of carbonyl (C=O) groups is 1. The summed E-state index contributed by atoms with van der Waals surface area (Å²) < 4.78 is 22.1. The summed E-state index contributed by atoms with van der Waals surface area (Å²) in [5.41, 5.74) is 1.58. The van der Waals surface area contributed by atoms with E-state index in [1.54, 1.807) is 18.2 Å². The lowest BCUT2D eigenvalue weighted by Crippen LogP contribution is -2.05. The molecule has 3 rings (SSSR count). The van der Waals surface area contributed by atoms with E-state index in [0.29, 0.717) is 22.8 Å². The number of methoxy groups -OCH3 is 3. The van der Waals surface area contributed by atoms with E-state index in [1.165, 1.54) is 21.3 Å². The Kier molecular flexibility index (Phi) is 5.27. The Bertz CT molecular complexity index is 878. The molecule has 0 unspecified atom stereocenters. The zero-order valence-corrected chi connectivity index (χ0v) is 16.0. The van der Waals surface area contributed by atoms with Crippen molar-refractivity contribution in [1.29, 1.82) is 0 Å². The predicted molar refractivity (Wildman–Crippen MR) is 101 cm³/mol. The van der Waals surface area contributed by atoms with Crippen LogP contribution in [0.2, 0.25) is 0 Å². The fourth-order valence-corrected chi connectivity index (χ4v) is 2.73. The lowest BCUT2D eigenvalue weighted by atomic mass is 10.1. The van der Waals surface area contributed by atoms with Crippen LogP contribution in [0.25, 0.3) is 6.08 Å². The third-order valence-electron chi connectivity index (χ3n) is 3.70. The van der Waals surface area contributed by atoms with Gasteiger partial charge >= 0.3 is 5.97 Å². The molecule has 1 aliphatic rings. The number of halogens is 1. The monoisotopic (exact) mass is 417 g/mol. The fraction of sp³-hybridized carbons (Fsp3) is 0.158. The van der Waals surface area contributed by atoms with Crippen molar-refractivity contribution in [3.8, 4) is 17.2 Å². The van der Waals surface area contributed by atoms with Gasteiger partial charge in [-0.15, -0.1) is 0 Å². The first kappa shape index (κ1) is 18.0. The molecule has 0 fully saturated rings. The maximum atomic E-state index is 12.2. The molecular formula is C19H16BrNO5. The van der Waals surface area contributed by atoms with Crippen LogP contribution in [0.5, 0.6) is 17.2 Å². The molecule has 1 aliphatic heterocycles. The van der Waals surface area contributed by atoms with Crippen molar-refractivity contribution < 1.29 is 23.7 Å². The van der Waals surface area contributed by atoms with Gasteiger partial charge in [0.15, 0.2) is 17.2 Å². The molecule has 1 heterocycles. The van der Waals surface area contributed by atoms with Crippen LogP contribution in [-0.4, -0.2) is 33.2 Å². The zero-order chi connectivity index (χ0) is 18.7. The van der Waals surface area contributed by atoms with Gasteiger partial charge in [0.2, 0.25) is 11.6 Å². The predicted octanol–water partition coefficient (Wildman–Crippen LogP) is 3.82. The third-order valence-corrected chi connectivity index (χ3v) is 4.23. The van der Waals surface area contributed by atoms with E-state index in [-0.39, 0.29) is 11.6 Å². The van der Waals surface area contributed by atoms with E-state index >= 15 is 0 Å². The minimum Gasteiger partial charge on any atom is -0.493 e. The lowest BCUT2D eigenvalue weighted by Gasteiger charge is -2.12. The molecule has 0 amide bonds. The van der Waals surface area contributed by atoms with Gasteiger partial charge in [-0.1, -0.05) is 15.9 Å². The highest BCUT2D eigenvalue weighted by Gasteiger charge is 2.24. The Balaban J connectivity index is 1.99. The second-order valence-corrected chi connectivity index (χ2v) is 6.22. The van der Waals surface area contributed by atoms with Crippen molar-refractivity contribution >= 4 is 33.9 Å². The molecule has 0 N–H and O–H groups in total. The fourth-order valence-electron chi connectivity index (χ4n) is 2.47. The van der Waals surface area contributed by atoms with Crippen molar-refractivity contribution in [3.63, 3.8) is 0 Å². The Morgan fingerprint density at radius 2 is 1.62 bits per heavy atom. The van der Waals surface area contributed by atoms with Gasteiger partial charge in [0.05, 0.1) is 21.3 Å². The smallest absolute Gasteiger partial charge is 0.363 e. The van der Waals surface area contributed by atoms with Gasteiger partial charge in [0, 0.05) is 10.0 Å². The van der Waals surface area contributed by atoms with Crippen LogP contribution in [0, 0.1) is 0 Å². The average Bonchev–Trinajstić information content (AvgIpc) is 3.01. The van der Waals surface area contributed by atoms with Crippen LogP contribution in [0.15, 0.2) is 51.6 Å². The van der Waals surface area contributed by atoms with Crippen LogP contribution in [0.1, 0.15) is 11.1 Å². The SMILES string of the molecule is COc1cc(/C=C2\N=C(c3ccc(Br)cc3)OC2=O)cc(OC)c1OC. The number of cyclic esters (lactones) is 1. The number of aliphatic imine (C=N–C) groups is 1. The maximum Gasteiger partial charge on any atom is 0.363 e. The lowest BCUT2D eigenvalue weighted by molar-refractivity contribution is -0.129. The molecular weight excluding hydrogens is 402 g/mol. The van der Waals surface area contributed by atoms with Gasteiger partial charge in [-0.05, 0) is 48.0 Å². The van der Waals surface area contributed by atoms with Crippen LogP contribution in [0.3, 0.4) is 0 Å². The van der Waals surface area contributed by atoms with E-state index < -0.39 is 5.97 Å². The number of esters is 1. The summed E-state index contributed by atoms with van der Waals surface area (Å²) in [6.07, 6.45) is 1.61. The first-order valence-electron chi connectivity index (χ1n) is 7.64. The van der Waals surface area contributed by atoms with E-state index in [9.17, 15) is 4.79 Å². The first-order chi connectivity index (χ1) is 12.5. The molecule has 2 aromatic rings. The van der Waals surface area contributed by atoms with Gasteiger partial charge in [-0.2, -0.15) is 0 Å². The van der Waals surface area contributed by atoms with Gasteiger partial charge in [0.1, 0.15) is 0 Å². The summed E-state index contributed by atoms with van der Waals surface area (Å²) >= 11 is 3.37. The van der Waals surface area contributed by atoms with Crippen molar-refractivity contribution in [3.05, 3.63) is 57.7 Å².